The summed E-state index contributed by atoms with van der Waals surface area (Å²) < 4.78 is 41.7. The van der Waals surface area contributed by atoms with E-state index in [2.05, 4.69) is 20.0 Å². The van der Waals surface area contributed by atoms with Crippen molar-refractivity contribution in [2.24, 2.45) is 0 Å². The van der Waals surface area contributed by atoms with Crippen LogP contribution in [0.2, 0.25) is 0 Å². The van der Waals surface area contributed by atoms with Crippen LogP contribution in [0.15, 0.2) is 18.6 Å². The highest BCUT2D eigenvalue weighted by atomic mass is 19.4. The number of aromatic nitrogens is 3. The first-order chi connectivity index (χ1) is 8.96. The zero-order valence-corrected chi connectivity index (χ0v) is 9.81. The number of halogens is 3. The summed E-state index contributed by atoms with van der Waals surface area (Å²) in [6.45, 7) is -1.18. The van der Waals surface area contributed by atoms with Gasteiger partial charge in [-0.3, -0.25) is 0 Å². The number of nitrogens with two attached hydrogens (primary N) is 1. The van der Waals surface area contributed by atoms with E-state index in [1.54, 1.807) is 23.0 Å². The van der Waals surface area contributed by atoms with Crippen molar-refractivity contribution in [2.45, 2.75) is 6.18 Å². The quantitative estimate of drug-likeness (QED) is 0.804. The van der Waals surface area contributed by atoms with Crippen LogP contribution in [0.3, 0.4) is 0 Å². The first-order valence-corrected chi connectivity index (χ1v) is 5.43. The van der Waals surface area contributed by atoms with Gasteiger partial charge in [0.25, 0.3) is 0 Å². The maximum absolute atomic E-state index is 11.8. The molecule has 2 aromatic rings. The second kappa shape index (κ2) is 5.31. The summed E-state index contributed by atoms with van der Waals surface area (Å²) in [5.74, 6) is 0.685. The predicted molar refractivity (Wildman–Crippen MR) is 62.8 cm³/mol. The molecule has 0 atom stereocenters. The van der Waals surface area contributed by atoms with Crippen LogP contribution in [0.5, 0.6) is 0 Å². The molecule has 104 valence electrons. The maximum Gasteiger partial charge on any atom is 0.411 e. The predicted octanol–water partition coefficient (Wildman–Crippen LogP) is 1.30. The van der Waals surface area contributed by atoms with E-state index >= 15 is 0 Å². The molecule has 0 aliphatic carbocycles. The Balaban J connectivity index is 1.89. The summed E-state index contributed by atoms with van der Waals surface area (Å²) in [4.78, 5) is 8.09. The average molecular weight is 275 g/mol. The third kappa shape index (κ3) is 3.71. The van der Waals surface area contributed by atoms with Gasteiger partial charge >= 0.3 is 6.18 Å². The normalized spacial score (nSPS) is 11.9. The summed E-state index contributed by atoms with van der Waals surface area (Å²) in [6, 6.07) is 0. The lowest BCUT2D eigenvalue weighted by atomic mass is 10.5. The monoisotopic (exact) mass is 275 g/mol. The molecule has 0 saturated heterocycles. The van der Waals surface area contributed by atoms with Crippen molar-refractivity contribution in [3.8, 4) is 0 Å². The highest BCUT2D eigenvalue weighted by Crippen LogP contribution is 2.15. The van der Waals surface area contributed by atoms with Crippen LogP contribution in [0.25, 0.3) is 5.65 Å². The number of nitrogen functional groups attached to an aromatic ring is 1. The van der Waals surface area contributed by atoms with Gasteiger partial charge in [0.05, 0.1) is 12.8 Å². The van der Waals surface area contributed by atoms with Crippen LogP contribution in [-0.4, -0.2) is 40.3 Å². The molecular formula is C10H12F3N5O. The van der Waals surface area contributed by atoms with Gasteiger partial charge in [-0.05, 0) is 0 Å². The standard InChI is InChI=1S/C10H12F3N5O/c11-10(12,13)6-19-4-2-15-8-9-16-1-3-18(9)5-7(14)17-8/h1,3,5H,2,4,6,14H2,(H,15,17). The number of alkyl halides is 3. The largest absolute Gasteiger partial charge is 0.411 e. The Morgan fingerprint density at radius 1 is 1.42 bits per heavy atom. The molecule has 6 nitrogen and oxygen atoms in total. The van der Waals surface area contributed by atoms with Crippen LogP contribution in [0.4, 0.5) is 24.8 Å². The van der Waals surface area contributed by atoms with E-state index < -0.39 is 12.8 Å². The van der Waals surface area contributed by atoms with Crippen LogP contribution in [0.1, 0.15) is 0 Å². The molecule has 0 unspecified atom stereocenters. The number of nitrogens with one attached hydrogen (secondary N) is 1. The van der Waals surface area contributed by atoms with Gasteiger partial charge in [-0.2, -0.15) is 13.2 Å². The summed E-state index contributed by atoms with van der Waals surface area (Å²) in [5, 5.41) is 2.83. The zero-order valence-electron chi connectivity index (χ0n) is 9.81. The van der Waals surface area contributed by atoms with E-state index in [4.69, 9.17) is 5.73 Å². The van der Waals surface area contributed by atoms with Gasteiger partial charge in [-0.1, -0.05) is 0 Å². The van der Waals surface area contributed by atoms with Crippen LogP contribution >= 0.6 is 0 Å². The van der Waals surface area contributed by atoms with E-state index in [-0.39, 0.29) is 19.0 Å². The lowest BCUT2D eigenvalue weighted by molar-refractivity contribution is -0.172. The number of anilines is 2. The lowest BCUT2D eigenvalue weighted by Crippen LogP contribution is -2.20. The van der Waals surface area contributed by atoms with Crippen molar-refractivity contribution in [2.75, 3.05) is 30.8 Å². The van der Waals surface area contributed by atoms with Crippen LogP contribution in [-0.2, 0) is 4.74 Å². The Labute approximate surface area is 106 Å². The molecule has 0 amide bonds. The maximum atomic E-state index is 11.8. The Hall–Kier alpha value is -2.03. The fourth-order valence-electron chi connectivity index (χ4n) is 1.50. The number of hydrogen-bond donors (Lipinski definition) is 2. The summed E-state index contributed by atoms with van der Waals surface area (Å²) in [5.41, 5.74) is 6.14. The lowest BCUT2D eigenvalue weighted by Gasteiger charge is -2.09. The summed E-state index contributed by atoms with van der Waals surface area (Å²) >= 11 is 0. The molecule has 3 N–H and O–H groups in total. The van der Waals surface area contributed by atoms with Gasteiger partial charge in [0.1, 0.15) is 12.4 Å². The number of fused-ring (bicyclic) bond motifs is 1. The molecule has 0 spiro atoms. The molecule has 0 saturated carbocycles. The Morgan fingerprint density at radius 2 is 2.21 bits per heavy atom. The Morgan fingerprint density at radius 3 is 2.95 bits per heavy atom. The van der Waals surface area contributed by atoms with Gasteiger partial charge in [-0.15, -0.1) is 0 Å². The van der Waals surface area contributed by atoms with Crippen molar-refractivity contribution in [3.05, 3.63) is 18.6 Å². The minimum Gasteiger partial charge on any atom is -0.382 e. The van der Waals surface area contributed by atoms with Crippen molar-refractivity contribution in [1.29, 1.82) is 0 Å². The fraction of sp³-hybridized carbons (Fsp3) is 0.400. The molecule has 0 aliphatic heterocycles. The van der Waals surface area contributed by atoms with Gasteiger partial charge in [0, 0.05) is 18.9 Å². The minimum absolute atomic E-state index is 0.0944. The molecule has 0 fully saturated rings. The van der Waals surface area contributed by atoms with E-state index in [0.717, 1.165) is 0 Å². The van der Waals surface area contributed by atoms with E-state index in [1.165, 1.54) is 0 Å². The molecule has 9 heteroatoms. The number of nitrogens with zero attached hydrogens (tertiary/aromatic N) is 3. The summed E-state index contributed by atoms with van der Waals surface area (Å²) in [6.07, 6.45) is 0.542. The number of ether oxygens (including phenoxy) is 1. The highest BCUT2D eigenvalue weighted by molar-refractivity contribution is 5.64. The summed E-state index contributed by atoms with van der Waals surface area (Å²) in [7, 11) is 0. The Bertz CT molecular complexity index is 554. The molecule has 19 heavy (non-hydrogen) atoms. The van der Waals surface area contributed by atoms with E-state index in [9.17, 15) is 13.2 Å². The van der Waals surface area contributed by atoms with Gasteiger partial charge in [0.2, 0.25) is 0 Å². The third-order valence-corrected chi connectivity index (χ3v) is 2.20. The molecular weight excluding hydrogens is 263 g/mol. The first-order valence-electron chi connectivity index (χ1n) is 5.43. The number of rotatable bonds is 5. The second-order valence-electron chi connectivity index (χ2n) is 3.77. The van der Waals surface area contributed by atoms with Crippen molar-refractivity contribution in [1.82, 2.24) is 14.4 Å². The average Bonchev–Trinajstić information content (AvgIpc) is 2.74. The Kier molecular flexibility index (Phi) is 3.74. The minimum atomic E-state index is -4.31. The molecule has 0 aliphatic rings. The molecule has 2 rings (SSSR count). The highest BCUT2D eigenvalue weighted by Gasteiger charge is 2.27. The number of hydrogen-bond acceptors (Lipinski definition) is 5. The fourth-order valence-corrected chi connectivity index (χ4v) is 1.50. The SMILES string of the molecule is Nc1cn2ccnc2c(NCCOCC(F)(F)F)n1. The van der Waals surface area contributed by atoms with Crippen LogP contribution in [0, 0.1) is 0 Å². The molecule has 2 heterocycles. The zero-order chi connectivity index (χ0) is 13.9. The molecule has 2 aromatic heterocycles. The number of imidazole rings is 1. The van der Waals surface area contributed by atoms with Crippen molar-refractivity contribution in [3.63, 3.8) is 0 Å². The topological polar surface area (TPSA) is 77.5 Å². The molecule has 0 bridgehead atoms. The molecule has 0 radical (unpaired) electrons. The van der Waals surface area contributed by atoms with E-state index in [0.29, 0.717) is 11.5 Å². The van der Waals surface area contributed by atoms with Gasteiger partial charge in [0.15, 0.2) is 11.5 Å². The first kappa shape index (κ1) is 13.4. The van der Waals surface area contributed by atoms with Crippen molar-refractivity contribution >= 4 is 17.3 Å². The van der Waals surface area contributed by atoms with Gasteiger partial charge < -0.3 is 20.2 Å². The van der Waals surface area contributed by atoms with E-state index in [1.807, 2.05) is 0 Å². The van der Waals surface area contributed by atoms with Gasteiger partial charge in [-0.25, -0.2) is 9.97 Å². The second-order valence-corrected chi connectivity index (χ2v) is 3.77. The third-order valence-electron chi connectivity index (χ3n) is 2.20. The smallest absolute Gasteiger partial charge is 0.382 e. The van der Waals surface area contributed by atoms with Crippen molar-refractivity contribution < 1.29 is 17.9 Å². The van der Waals surface area contributed by atoms with Crippen LogP contribution < -0.4 is 11.1 Å². The molecule has 0 aromatic carbocycles.